The van der Waals surface area contributed by atoms with Crippen LogP contribution in [0.5, 0.6) is 0 Å². The van der Waals surface area contributed by atoms with Crippen molar-refractivity contribution in [3.63, 3.8) is 0 Å². The van der Waals surface area contributed by atoms with Gasteiger partial charge in [-0.05, 0) is 19.3 Å². The van der Waals surface area contributed by atoms with Crippen molar-refractivity contribution in [2.45, 2.75) is 19.3 Å². The van der Waals surface area contributed by atoms with Gasteiger partial charge in [0.1, 0.15) is 0 Å². The molecule has 0 aromatic heterocycles. The van der Waals surface area contributed by atoms with Crippen molar-refractivity contribution in [2.24, 2.45) is 0 Å². The Bertz CT molecular complexity index is 152. The summed E-state index contributed by atoms with van der Waals surface area (Å²) in [5, 5.41) is 18.1. The molecular weight excluding hydrogens is 192 g/mol. The van der Waals surface area contributed by atoms with E-state index in [0.717, 1.165) is 25.9 Å². The van der Waals surface area contributed by atoms with Crippen LogP contribution in [-0.4, -0.2) is 73.9 Å². The van der Waals surface area contributed by atoms with Crippen molar-refractivity contribution in [2.75, 3.05) is 54.7 Å². The fourth-order valence-electron chi connectivity index (χ4n) is 1.40. The van der Waals surface area contributed by atoms with Crippen LogP contribution < -0.4 is 0 Å². The zero-order valence-electron chi connectivity index (χ0n) is 10.7. The van der Waals surface area contributed by atoms with Crippen molar-refractivity contribution in [3.8, 4) is 0 Å². The van der Waals surface area contributed by atoms with Gasteiger partial charge in [0.05, 0.1) is 41.3 Å². The third-order valence-electron chi connectivity index (χ3n) is 2.79. The zero-order valence-corrected chi connectivity index (χ0v) is 10.7. The molecule has 0 aliphatic carbocycles. The van der Waals surface area contributed by atoms with E-state index in [9.17, 15) is 0 Å². The van der Waals surface area contributed by atoms with Gasteiger partial charge in [-0.25, -0.2) is 0 Å². The fraction of sp³-hybridized carbons (Fsp3) is 1.00. The number of rotatable bonds is 8. The Morgan fingerprint density at radius 3 is 1.27 bits per heavy atom. The minimum absolute atomic E-state index is 0.207. The summed E-state index contributed by atoms with van der Waals surface area (Å²) < 4.78 is 1.36. The SMILES string of the molecule is C[N+](C)(CO)CCCCC[N+](C)(C)CO. The quantitative estimate of drug-likeness (QED) is 0.349. The molecule has 0 saturated heterocycles. The second-order valence-electron chi connectivity index (χ2n) is 5.66. The van der Waals surface area contributed by atoms with E-state index in [1.54, 1.807) is 0 Å². The first-order valence-electron chi connectivity index (χ1n) is 5.69. The molecule has 0 saturated carbocycles. The molecule has 0 unspecified atom stereocenters. The molecule has 0 spiro atoms. The molecule has 0 aliphatic heterocycles. The van der Waals surface area contributed by atoms with Crippen LogP contribution in [0.15, 0.2) is 0 Å². The topological polar surface area (TPSA) is 40.5 Å². The summed E-state index contributed by atoms with van der Waals surface area (Å²) in [4.78, 5) is 0. The summed E-state index contributed by atoms with van der Waals surface area (Å²) in [6.45, 7) is 2.45. The lowest BCUT2D eigenvalue weighted by molar-refractivity contribution is -0.910. The minimum atomic E-state index is 0.207. The zero-order chi connectivity index (χ0) is 11.9. The minimum Gasteiger partial charge on any atom is -0.347 e. The van der Waals surface area contributed by atoms with Gasteiger partial charge in [0.2, 0.25) is 0 Å². The molecule has 2 N–H and O–H groups in total. The van der Waals surface area contributed by atoms with E-state index in [2.05, 4.69) is 0 Å². The molecule has 0 aliphatic rings. The number of nitrogens with zero attached hydrogens (tertiary/aromatic N) is 2. The molecule has 0 bridgehead atoms. The van der Waals surface area contributed by atoms with Gasteiger partial charge in [0, 0.05) is 0 Å². The highest BCUT2D eigenvalue weighted by Gasteiger charge is 2.14. The van der Waals surface area contributed by atoms with E-state index in [1.165, 1.54) is 6.42 Å². The average Bonchev–Trinajstić information content (AvgIpc) is 2.17. The normalized spacial score (nSPS) is 13.2. The molecule has 4 heteroatoms. The van der Waals surface area contributed by atoms with Crippen LogP contribution in [0.3, 0.4) is 0 Å². The number of hydrogen-bond acceptors (Lipinski definition) is 2. The highest BCUT2D eigenvalue weighted by Crippen LogP contribution is 2.05. The van der Waals surface area contributed by atoms with Crippen LogP contribution >= 0.6 is 0 Å². The Morgan fingerprint density at radius 1 is 0.667 bits per heavy atom. The highest BCUT2D eigenvalue weighted by atomic mass is 16.3. The second kappa shape index (κ2) is 6.43. The molecule has 4 nitrogen and oxygen atoms in total. The highest BCUT2D eigenvalue weighted by molar-refractivity contribution is 4.41. The molecule has 0 atom stereocenters. The molecule has 15 heavy (non-hydrogen) atoms. The largest absolute Gasteiger partial charge is 0.347 e. The number of unbranched alkanes of at least 4 members (excludes halogenated alkanes) is 2. The summed E-state index contributed by atoms with van der Waals surface area (Å²) in [6, 6.07) is 0. The number of aliphatic hydroxyl groups is 2. The molecule has 0 radical (unpaired) electrons. The van der Waals surface area contributed by atoms with E-state index >= 15 is 0 Å². The Hall–Kier alpha value is -0.160. The molecular formula is C11H28N2O2+2. The van der Waals surface area contributed by atoms with Crippen LogP contribution in [-0.2, 0) is 0 Å². The van der Waals surface area contributed by atoms with E-state index in [-0.39, 0.29) is 13.5 Å². The number of hydrogen-bond donors (Lipinski definition) is 2. The summed E-state index contributed by atoms with van der Waals surface area (Å²) in [5.74, 6) is 0. The first-order valence-corrected chi connectivity index (χ1v) is 5.69. The van der Waals surface area contributed by atoms with Gasteiger partial charge in [0.25, 0.3) is 0 Å². The van der Waals surface area contributed by atoms with Crippen LogP contribution in [0.25, 0.3) is 0 Å². The predicted molar refractivity (Wildman–Crippen MR) is 62.0 cm³/mol. The Kier molecular flexibility index (Phi) is 6.36. The smallest absolute Gasteiger partial charge is 0.179 e. The lowest BCUT2D eigenvalue weighted by atomic mass is 10.2. The third kappa shape index (κ3) is 7.73. The first kappa shape index (κ1) is 14.8. The fourth-order valence-corrected chi connectivity index (χ4v) is 1.40. The maximum Gasteiger partial charge on any atom is 0.179 e. The Morgan fingerprint density at radius 2 is 1.00 bits per heavy atom. The summed E-state index contributed by atoms with van der Waals surface area (Å²) in [6.07, 6.45) is 3.45. The van der Waals surface area contributed by atoms with Crippen LogP contribution in [0.4, 0.5) is 0 Å². The van der Waals surface area contributed by atoms with Crippen LogP contribution in [0.2, 0.25) is 0 Å². The molecule has 0 aromatic rings. The Balaban J connectivity index is 3.48. The van der Waals surface area contributed by atoms with Crippen molar-refractivity contribution in [1.82, 2.24) is 0 Å². The molecule has 0 aromatic carbocycles. The summed E-state index contributed by atoms with van der Waals surface area (Å²) >= 11 is 0. The summed E-state index contributed by atoms with van der Waals surface area (Å²) in [7, 11) is 8.14. The van der Waals surface area contributed by atoms with Gasteiger partial charge in [0.15, 0.2) is 13.5 Å². The number of quaternary nitrogens is 2. The van der Waals surface area contributed by atoms with Crippen molar-refractivity contribution >= 4 is 0 Å². The third-order valence-corrected chi connectivity index (χ3v) is 2.79. The van der Waals surface area contributed by atoms with Gasteiger partial charge in [-0.2, -0.15) is 0 Å². The molecule has 0 heterocycles. The van der Waals surface area contributed by atoms with Crippen LogP contribution in [0.1, 0.15) is 19.3 Å². The van der Waals surface area contributed by atoms with Gasteiger partial charge >= 0.3 is 0 Å². The first-order chi connectivity index (χ1) is 6.83. The lowest BCUT2D eigenvalue weighted by Gasteiger charge is -2.28. The van der Waals surface area contributed by atoms with E-state index in [1.807, 2.05) is 28.2 Å². The van der Waals surface area contributed by atoms with Crippen molar-refractivity contribution < 1.29 is 19.2 Å². The van der Waals surface area contributed by atoms with Crippen molar-refractivity contribution in [3.05, 3.63) is 0 Å². The second-order valence-corrected chi connectivity index (χ2v) is 5.66. The molecule has 92 valence electrons. The number of aliphatic hydroxyl groups excluding tert-OH is 2. The molecule has 0 fully saturated rings. The molecule has 0 amide bonds. The van der Waals surface area contributed by atoms with Crippen molar-refractivity contribution in [1.29, 1.82) is 0 Å². The standard InChI is InChI=1S/C11H28N2O2/c1-12(2,10-14)8-6-5-7-9-13(3,4)11-15/h14-15H,5-11H2,1-4H3/q+2. The predicted octanol–water partition coefficient (Wildman–Crippen LogP) is 0.209. The van der Waals surface area contributed by atoms with Gasteiger partial charge in [-0.15, -0.1) is 0 Å². The Labute approximate surface area is 93.9 Å². The van der Waals surface area contributed by atoms with Gasteiger partial charge in [-0.1, -0.05) is 0 Å². The van der Waals surface area contributed by atoms with Crippen LogP contribution in [0, 0.1) is 0 Å². The van der Waals surface area contributed by atoms with E-state index in [4.69, 9.17) is 10.2 Å². The maximum atomic E-state index is 9.05. The van der Waals surface area contributed by atoms with E-state index < -0.39 is 0 Å². The molecule has 0 rings (SSSR count). The average molecular weight is 220 g/mol. The maximum absolute atomic E-state index is 9.05. The lowest BCUT2D eigenvalue weighted by Crippen LogP contribution is -2.42. The van der Waals surface area contributed by atoms with Gasteiger partial charge in [-0.3, -0.25) is 0 Å². The monoisotopic (exact) mass is 220 g/mol. The van der Waals surface area contributed by atoms with E-state index in [0.29, 0.717) is 8.97 Å². The summed E-state index contributed by atoms with van der Waals surface area (Å²) in [5.41, 5.74) is 0. The van der Waals surface area contributed by atoms with Gasteiger partial charge < -0.3 is 19.2 Å².